The SMILES string of the molecule is CCOC(=O)C(CC(C)C)(CC(C)(C)O)C(=O)O. The van der Waals surface area contributed by atoms with Crippen molar-refractivity contribution >= 4 is 11.9 Å². The summed E-state index contributed by atoms with van der Waals surface area (Å²) in [5, 5.41) is 19.3. The fraction of sp³-hybridized carbons (Fsp3) is 0.846. The molecule has 0 bridgehead atoms. The summed E-state index contributed by atoms with van der Waals surface area (Å²) in [5.74, 6) is -2.00. The summed E-state index contributed by atoms with van der Waals surface area (Å²) in [5.41, 5.74) is -2.93. The number of aliphatic carboxylic acids is 1. The molecule has 18 heavy (non-hydrogen) atoms. The van der Waals surface area contributed by atoms with Gasteiger partial charge in [0.1, 0.15) is 0 Å². The van der Waals surface area contributed by atoms with Crippen LogP contribution in [-0.4, -0.2) is 34.4 Å². The van der Waals surface area contributed by atoms with E-state index in [4.69, 9.17) is 4.74 Å². The molecule has 0 aromatic carbocycles. The predicted molar refractivity (Wildman–Crippen MR) is 67.1 cm³/mol. The van der Waals surface area contributed by atoms with Crippen molar-refractivity contribution < 1.29 is 24.5 Å². The number of rotatable bonds is 7. The van der Waals surface area contributed by atoms with Gasteiger partial charge in [-0.1, -0.05) is 13.8 Å². The van der Waals surface area contributed by atoms with Crippen molar-refractivity contribution in [2.75, 3.05) is 6.61 Å². The van der Waals surface area contributed by atoms with Gasteiger partial charge in [-0.05, 0) is 33.1 Å². The van der Waals surface area contributed by atoms with E-state index in [1.807, 2.05) is 13.8 Å². The maximum atomic E-state index is 12.0. The molecule has 5 nitrogen and oxygen atoms in total. The summed E-state index contributed by atoms with van der Waals surface area (Å²) < 4.78 is 4.88. The van der Waals surface area contributed by atoms with E-state index >= 15 is 0 Å². The van der Waals surface area contributed by atoms with Gasteiger partial charge in [-0.15, -0.1) is 0 Å². The summed E-state index contributed by atoms with van der Waals surface area (Å²) in [4.78, 5) is 23.5. The third kappa shape index (κ3) is 4.64. The summed E-state index contributed by atoms with van der Waals surface area (Å²) >= 11 is 0. The quantitative estimate of drug-likeness (QED) is 0.539. The van der Waals surface area contributed by atoms with Gasteiger partial charge in [-0.2, -0.15) is 0 Å². The molecule has 0 saturated heterocycles. The van der Waals surface area contributed by atoms with Crippen molar-refractivity contribution in [1.82, 2.24) is 0 Å². The number of carboxylic acid groups (broad SMARTS) is 1. The van der Waals surface area contributed by atoms with E-state index in [0.29, 0.717) is 0 Å². The average molecular weight is 260 g/mol. The molecular formula is C13H24O5. The lowest BCUT2D eigenvalue weighted by Gasteiger charge is -2.33. The van der Waals surface area contributed by atoms with E-state index in [9.17, 15) is 19.8 Å². The third-order valence-electron chi connectivity index (χ3n) is 2.57. The van der Waals surface area contributed by atoms with Gasteiger partial charge in [0.25, 0.3) is 0 Å². The molecule has 0 aromatic heterocycles. The second-order valence-corrected chi connectivity index (χ2v) is 5.69. The molecular weight excluding hydrogens is 236 g/mol. The first-order valence-corrected chi connectivity index (χ1v) is 6.18. The minimum Gasteiger partial charge on any atom is -0.480 e. The molecule has 0 aliphatic heterocycles. The maximum absolute atomic E-state index is 12.0. The number of carboxylic acids is 1. The van der Waals surface area contributed by atoms with E-state index < -0.39 is 23.0 Å². The molecule has 0 amide bonds. The summed E-state index contributed by atoms with van der Waals surface area (Å²) in [7, 11) is 0. The van der Waals surface area contributed by atoms with Gasteiger partial charge >= 0.3 is 11.9 Å². The van der Waals surface area contributed by atoms with Crippen LogP contribution in [0.2, 0.25) is 0 Å². The number of ether oxygens (including phenoxy) is 1. The van der Waals surface area contributed by atoms with E-state index in [1.165, 1.54) is 13.8 Å². The summed E-state index contributed by atoms with van der Waals surface area (Å²) in [6.07, 6.45) is -0.0164. The number of aliphatic hydroxyl groups is 1. The average Bonchev–Trinajstić information content (AvgIpc) is 2.13. The van der Waals surface area contributed by atoms with Crippen LogP contribution in [0.25, 0.3) is 0 Å². The van der Waals surface area contributed by atoms with E-state index in [0.717, 1.165) is 0 Å². The fourth-order valence-electron chi connectivity index (χ4n) is 2.18. The Labute approximate surface area is 108 Å². The van der Waals surface area contributed by atoms with Crippen LogP contribution in [0.1, 0.15) is 47.5 Å². The zero-order valence-corrected chi connectivity index (χ0v) is 11.8. The zero-order valence-electron chi connectivity index (χ0n) is 11.8. The smallest absolute Gasteiger partial charge is 0.323 e. The van der Waals surface area contributed by atoms with E-state index in [2.05, 4.69) is 0 Å². The molecule has 0 heterocycles. The molecule has 0 rings (SSSR count). The third-order valence-corrected chi connectivity index (χ3v) is 2.57. The van der Waals surface area contributed by atoms with Crippen LogP contribution >= 0.6 is 0 Å². The van der Waals surface area contributed by atoms with Gasteiger partial charge in [0.05, 0.1) is 12.2 Å². The van der Waals surface area contributed by atoms with Crippen molar-refractivity contribution in [3.8, 4) is 0 Å². The summed E-state index contributed by atoms with van der Waals surface area (Å²) in [6, 6.07) is 0. The first kappa shape index (κ1) is 16.9. The van der Waals surface area contributed by atoms with E-state index in [-0.39, 0.29) is 25.4 Å². The highest BCUT2D eigenvalue weighted by Gasteiger charge is 2.50. The van der Waals surface area contributed by atoms with Crippen LogP contribution in [0.15, 0.2) is 0 Å². The van der Waals surface area contributed by atoms with Crippen molar-refractivity contribution in [3.05, 3.63) is 0 Å². The normalized spacial score (nSPS) is 15.3. The Bertz CT molecular complexity index is 303. The van der Waals surface area contributed by atoms with Crippen molar-refractivity contribution in [2.24, 2.45) is 11.3 Å². The van der Waals surface area contributed by atoms with E-state index in [1.54, 1.807) is 6.92 Å². The number of carbonyl (C=O) groups is 2. The van der Waals surface area contributed by atoms with Gasteiger partial charge in [-0.25, -0.2) is 0 Å². The molecule has 0 fully saturated rings. The van der Waals surface area contributed by atoms with Gasteiger partial charge in [0.15, 0.2) is 5.41 Å². The van der Waals surface area contributed by atoms with Gasteiger partial charge in [0, 0.05) is 6.42 Å². The second-order valence-electron chi connectivity index (χ2n) is 5.69. The van der Waals surface area contributed by atoms with Crippen molar-refractivity contribution in [1.29, 1.82) is 0 Å². The second kappa shape index (κ2) is 6.18. The minimum absolute atomic E-state index is 0.00727. The minimum atomic E-state index is -1.68. The molecule has 0 aliphatic rings. The predicted octanol–water partition coefficient (Wildman–Crippen LogP) is 1.83. The van der Waals surface area contributed by atoms with Crippen molar-refractivity contribution in [3.63, 3.8) is 0 Å². The molecule has 0 saturated carbocycles. The number of hydrogen-bond donors (Lipinski definition) is 2. The molecule has 1 atom stereocenters. The maximum Gasteiger partial charge on any atom is 0.323 e. The number of esters is 1. The molecule has 5 heteroatoms. The molecule has 0 spiro atoms. The lowest BCUT2D eigenvalue weighted by atomic mass is 9.73. The van der Waals surface area contributed by atoms with Crippen LogP contribution in [0, 0.1) is 11.3 Å². The molecule has 0 aromatic rings. The Balaban J connectivity index is 5.42. The van der Waals surface area contributed by atoms with Crippen LogP contribution in [0.5, 0.6) is 0 Å². The lowest BCUT2D eigenvalue weighted by Crippen LogP contribution is -2.46. The Morgan fingerprint density at radius 3 is 2.06 bits per heavy atom. The Morgan fingerprint density at radius 2 is 1.78 bits per heavy atom. The standard InChI is InChI=1S/C13H24O5/c1-6-18-11(16)13(10(14)15,7-9(2)3)8-12(4,5)17/h9,17H,6-8H2,1-5H3,(H,14,15). The highest BCUT2D eigenvalue weighted by molar-refractivity contribution is 5.99. The molecule has 106 valence electrons. The Hall–Kier alpha value is -1.10. The highest BCUT2D eigenvalue weighted by Crippen LogP contribution is 2.37. The lowest BCUT2D eigenvalue weighted by molar-refractivity contribution is -0.174. The number of carbonyl (C=O) groups excluding carboxylic acids is 1. The molecule has 0 aliphatic carbocycles. The van der Waals surface area contributed by atoms with Gasteiger partial charge in [0.2, 0.25) is 0 Å². The summed E-state index contributed by atoms with van der Waals surface area (Å²) in [6.45, 7) is 8.40. The van der Waals surface area contributed by atoms with Gasteiger partial charge < -0.3 is 14.9 Å². The Kier molecular flexibility index (Phi) is 5.80. The highest BCUT2D eigenvalue weighted by atomic mass is 16.5. The van der Waals surface area contributed by atoms with Crippen LogP contribution in [0.3, 0.4) is 0 Å². The van der Waals surface area contributed by atoms with Crippen LogP contribution in [-0.2, 0) is 14.3 Å². The monoisotopic (exact) mass is 260 g/mol. The first-order valence-electron chi connectivity index (χ1n) is 6.18. The zero-order chi connectivity index (χ0) is 14.6. The fourth-order valence-corrected chi connectivity index (χ4v) is 2.18. The number of hydrogen-bond acceptors (Lipinski definition) is 4. The topological polar surface area (TPSA) is 83.8 Å². The van der Waals surface area contributed by atoms with Crippen LogP contribution < -0.4 is 0 Å². The Morgan fingerprint density at radius 1 is 1.28 bits per heavy atom. The molecule has 0 radical (unpaired) electrons. The van der Waals surface area contributed by atoms with Crippen LogP contribution in [0.4, 0.5) is 0 Å². The largest absolute Gasteiger partial charge is 0.480 e. The first-order chi connectivity index (χ1) is 8.05. The van der Waals surface area contributed by atoms with Crippen molar-refractivity contribution in [2.45, 2.75) is 53.1 Å². The molecule has 1 unspecified atom stereocenters. The molecule has 2 N–H and O–H groups in total. The van der Waals surface area contributed by atoms with Gasteiger partial charge in [-0.3, -0.25) is 9.59 Å².